The summed E-state index contributed by atoms with van der Waals surface area (Å²) in [5.74, 6) is 1.87. The largest absolute Gasteiger partial charge is 0.496 e. The van der Waals surface area contributed by atoms with Gasteiger partial charge in [0.25, 0.3) is 0 Å². The fraction of sp³-hybridized carbons (Fsp3) is 0.167. The van der Waals surface area contributed by atoms with Gasteiger partial charge in [-0.1, -0.05) is 12.1 Å². The monoisotopic (exact) mass is 231 g/mol. The molecule has 0 unspecified atom stereocenters. The summed E-state index contributed by atoms with van der Waals surface area (Å²) in [7, 11) is 1.62. The molecule has 2 aromatic rings. The lowest BCUT2D eigenvalue weighted by Crippen LogP contribution is -2.07. The van der Waals surface area contributed by atoms with Crippen LogP contribution in [-0.2, 0) is 0 Å². The Morgan fingerprint density at radius 3 is 2.53 bits per heavy atom. The number of hydrogen-bond donors (Lipinski definition) is 1. The van der Waals surface area contributed by atoms with E-state index >= 15 is 0 Å². The molecule has 2 rings (SSSR count). The van der Waals surface area contributed by atoms with Gasteiger partial charge >= 0.3 is 0 Å². The predicted octanol–water partition coefficient (Wildman–Crippen LogP) is 1.45. The van der Waals surface area contributed by atoms with E-state index in [-0.39, 0.29) is 6.73 Å². The molecule has 0 aliphatic rings. The number of nitrogens with two attached hydrogens (primary N) is 1. The Bertz CT molecular complexity index is 485. The zero-order chi connectivity index (χ0) is 12.1. The molecule has 0 fully saturated rings. The van der Waals surface area contributed by atoms with Gasteiger partial charge in [0.2, 0.25) is 0 Å². The molecule has 0 saturated heterocycles. The molecule has 1 heterocycles. The van der Waals surface area contributed by atoms with Crippen molar-refractivity contribution in [3.63, 3.8) is 0 Å². The van der Waals surface area contributed by atoms with Crippen molar-refractivity contribution in [1.82, 2.24) is 9.97 Å². The Morgan fingerprint density at radius 2 is 1.88 bits per heavy atom. The SMILES string of the molecule is COc1ccccc1-c1ncc(OCN)cn1. The number of hydrogen-bond acceptors (Lipinski definition) is 5. The highest BCUT2D eigenvalue weighted by Crippen LogP contribution is 2.26. The Hall–Kier alpha value is -2.14. The van der Waals surface area contributed by atoms with Crippen LogP contribution in [0.5, 0.6) is 11.5 Å². The normalized spacial score (nSPS) is 10.0. The standard InChI is InChI=1S/C12H13N3O2/c1-16-11-5-3-2-4-10(11)12-14-6-9(7-15-12)17-8-13/h2-7H,8,13H2,1H3. The van der Waals surface area contributed by atoms with Crippen molar-refractivity contribution < 1.29 is 9.47 Å². The lowest BCUT2D eigenvalue weighted by atomic mass is 10.2. The fourth-order valence-corrected chi connectivity index (χ4v) is 1.46. The second-order valence-corrected chi connectivity index (χ2v) is 3.25. The number of nitrogens with zero attached hydrogens (tertiary/aromatic N) is 2. The van der Waals surface area contributed by atoms with Gasteiger partial charge < -0.3 is 9.47 Å². The average molecular weight is 231 g/mol. The first-order chi connectivity index (χ1) is 8.35. The van der Waals surface area contributed by atoms with Gasteiger partial charge in [0, 0.05) is 0 Å². The molecule has 1 aromatic heterocycles. The first kappa shape index (κ1) is 11.3. The van der Waals surface area contributed by atoms with Gasteiger partial charge in [-0.2, -0.15) is 0 Å². The third kappa shape index (κ3) is 2.51. The van der Waals surface area contributed by atoms with E-state index in [0.29, 0.717) is 11.6 Å². The highest BCUT2D eigenvalue weighted by Gasteiger charge is 2.07. The summed E-state index contributed by atoms with van der Waals surface area (Å²) in [5.41, 5.74) is 6.10. The Balaban J connectivity index is 2.33. The molecule has 0 amide bonds. The van der Waals surface area contributed by atoms with Gasteiger partial charge in [0.15, 0.2) is 11.6 Å². The zero-order valence-corrected chi connectivity index (χ0v) is 9.46. The number of rotatable bonds is 4. The highest BCUT2D eigenvalue weighted by atomic mass is 16.5. The molecule has 0 spiro atoms. The van der Waals surface area contributed by atoms with Crippen molar-refractivity contribution in [2.75, 3.05) is 13.8 Å². The Kier molecular flexibility index (Phi) is 3.52. The number of aromatic nitrogens is 2. The fourth-order valence-electron chi connectivity index (χ4n) is 1.46. The molecule has 5 heteroatoms. The molecule has 5 nitrogen and oxygen atoms in total. The lowest BCUT2D eigenvalue weighted by Gasteiger charge is -2.07. The molecule has 0 atom stereocenters. The second kappa shape index (κ2) is 5.27. The van der Waals surface area contributed by atoms with Gasteiger partial charge in [-0.15, -0.1) is 0 Å². The van der Waals surface area contributed by atoms with E-state index in [9.17, 15) is 0 Å². The van der Waals surface area contributed by atoms with Gasteiger partial charge in [-0.05, 0) is 12.1 Å². The maximum absolute atomic E-state index is 5.26. The molecule has 0 bridgehead atoms. The Morgan fingerprint density at radius 1 is 1.18 bits per heavy atom. The van der Waals surface area contributed by atoms with Gasteiger partial charge in [0.1, 0.15) is 12.5 Å². The first-order valence-corrected chi connectivity index (χ1v) is 5.13. The summed E-state index contributed by atoms with van der Waals surface area (Å²) in [5, 5.41) is 0. The quantitative estimate of drug-likeness (QED) is 0.806. The predicted molar refractivity (Wildman–Crippen MR) is 63.7 cm³/mol. The van der Waals surface area contributed by atoms with Crippen molar-refractivity contribution >= 4 is 0 Å². The first-order valence-electron chi connectivity index (χ1n) is 5.13. The summed E-state index contributed by atoms with van der Waals surface area (Å²) in [6, 6.07) is 7.57. The Labute approximate surface area is 99.2 Å². The smallest absolute Gasteiger partial charge is 0.163 e. The maximum atomic E-state index is 5.26. The van der Waals surface area contributed by atoms with Gasteiger partial charge in [-0.3, -0.25) is 5.73 Å². The minimum Gasteiger partial charge on any atom is -0.496 e. The van der Waals surface area contributed by atoms with Gasteiger partial charge in [0.05, 0.1) is 25.1 Å². The second-order valence-electron chi connectivity index (χ2n) is 3.25. The van der Waals surface area contributed by atoms with E-state index in [2.05, 4.69) is 9.97 Å². The topological polar surface area (TPSA) is 70.3 Å². The van der Waals surface area contributed by atoms with E-state index in [1.165, 1.54) is 0 Å². The van der Waals surface area contributed by atoms with Crippen LogP contribution in [0.15, 0.2) is 36.7 Å². The molecule has 1 aromatic carbocycles. The van der Waals surface area contributed by atoms with E-state index in [1.807, 2.05) is 24.3 Å². The van der Waals surface area contributed by atoms with Crippen LogP contribution >= 0.6 is 0 Å². The van der Waals surface area contributed by atoms with E-state index in [1.54, 1.807) is 19.5 Å². The van der Waals surface area contributed by atoms with Crippen molar-refractivity contribution in [2.45, 2.75) is 0 Å². The van der Waals surface area contributed by atoms with Crippen LogP contribution in [0.1, 0.15) is 0 Å². The summed E-state index contributed by atoms with van der Waals surface area (Å²) < 4.78 is 10.3. The summed E-state index contributed by atoms with van der Waals surface area (Å²) in [6.45, 7) is 0.108. The number of ether oxygens (including phenoxy) is 2. The molecule has 0 aliphatic carbocycles. The minimum atomic E-state index is 0.108. The van der Waals surface area contributed by atoms with Crippen LogP contribution < -0.4 is 15.2 Å². The third-order valence-electron chi connectivity index (χ3n) is 2.23. The van der Waals surface area contributed by atoms with Crippen molar-refractivity contribution in [1.29, 1.82) is 0 Å². The van der Waals surface area contributed by atoms with Crippen LogP contribution in [0.2, 0.25) is 0 Å². The van der Waals surface area contributed by atoms with Crippen LogP contribution in [0, 0.1) is 0 Å². The van der Waals surface area contributed by atoms with Crippen molar-refractivity contribution in [3.8, 4) is 22.9 Å². The molecule has 0 aliphatic heterocycles. The molecular formula is C12H13N3O2. The highest BCUT2D eigenvalue weighted by molar-refractivity contribution is 5.63. The maximum Gasteiger partial charge on any atom is 0.163 e. The molecule has 88 valence electrons. The lowest BCUT2D eigenvalue weighted by molar-refractivity contribution is 0.327. The number of benzene rings is 1. The number of methoxy groups -OCH3 is 1. The zero-order valence-electron chi connectivity index (χ0n) is 9.46. The van der Waals surface area contributed by atoms with Crippen molar-refractivity contribution in [2.24, 2.45) is 5.73 Å². The summed E-state index contributed by atoms with van der Waals surface area (Å²) in [6.07, 6.45) is 3.17. The van der Waals surface area contributed by atoms with Crippen molar-refractivity contribution in [3.05, 3.63) is 36.7 Å². The van der Waals surface area contributed by atoms with Crippen LogP contribution in [-0.4, -0.2) is 23.8 Å². The van der Waals surface area contributed by atoms with Crippen LogP contribution in [0.4, 0.5) is 0 Å². The van der Waals surface area contributed by atoms with Crippen LogP contribution in [0.25, 0.3) is 11.4 Å². The van der Waals surface area contributed by atoms with E-state index in [0.717, 1.165) is 11.3 Å². The average Bonchev–Trinajstić information content (AvgIpc) is 2.40. The van der Waals surface area contributed by atoms with E-state index in [4.69, 9.17) is 15.2 Å². The van der Waals surface area contributed by atoms with Gasteiger partial charge in [-0.25, -0.2) is 9.97 Å². The molecule has 2 N–H and O–H groups in total. The summed E-state index contributed by atoms with van der Waals surface area (Å²) in [4.78, 5) is 8.41. The van der Waals surface area contributed by atoms with Crippen LogP contribution in [0.3, 0.4) is 0 Å². The minimum absolute atomic E-state index is 0.108. The number of para-hydroxylation sites is 1. The molecule has 0 radical (unpaired) electrons. The molecule has 17 heavy (non-hydrogen) atoms. The van der Waals surface area contributed by atoms with E-state index < -0.39 is 0 Å². The summed E-state index contributed by atoms with van der Waals surface area (Å²) >= 11 is 0. The molecule has 0 saturated carbocycles. The molecular weight excluding hydrogens is 218 g/mol. The third-order valence-corrected chi connectivity index (χ3v) is 2.23.